The number of aldehydes is 1. The first-order valence-corrected chi connectivity index (χ1v) is 10.9. The Kier molecular flexibility index (Phi) is 4.42. The molecule has 6 rings (SSSR count). The molecular weight excluding hydrogens is 374 g/mol. The molecule has 2 aromatic rings. The fourth-order valence-corrected chi connectivity index (χ4v) is 6.35. The van der Waals surface area contributed by atoms with Crippen molar-refractivity contribution in [3.8, 4) is 11.5 Å². The van der Waals surface area contributed by atoms with Crippen LogP contribution in [0.2, 0.25) is 0 Å². The minimum absolute atomic E-state index is 0.132. The number of allylic oxidation sites excluding steroid dienone is 1. The Morgan fingerprint density at radius 2 is 1.93 bits per heavy atom. The lowest BCUT2D eigenvalue weighted by atomic mass is 9.67. The molecule has 1 saturated carbocycles. The van der Waals surface area contributed by atoms with Crippen LogP contribution < -0.4 is 5.32 Å². The number of amides is 1. The molecule has 4 aliphatic carbocycles. The van der Waals surface area contributed by atoms with Gasteiger partial charge in [0, 0.05) is 16.0 Å². The van der Waals surface area contributed by atoms with Gasteiger partial charge in [-0.1, -0.05) is 5.16 Å². The number of carbonyl (C=O) groups is 2. The number of nitrogens with zero attached hydrogens (tertiary/aromatic N) is 2. The van der Waals surface area contributed by atoms with Gasteiger partial charge in [0.25, 0.3) is 11.8 Å². The molecule has 0 atom stereocenters. The molecule has 0 unspecified atom stereocenters. The van der Waals surface area contributed by atoms with Gasteiger partial charge in [-0.3, -0.25) is 9.59 Å². The second kappa shape index (κ2) is 6.95. The third-order valence-corrected chi connectivity index (χ3v) is 7.60. The van der Waals surface area contributed by atoms with Crippen LogP contribution in [0.25, 0.3) is 11.5 Å². The van der Waals surface area contributed by atoms with Gasteiger partial charge in [0.1, 0.15) is 11.3 Å². The summed E-state index contributed by atoms with van der Waals surface area (Å²) in [6, 6.07) is 0. The minimum atomic E-state index is -0.132. The van der Waals surface area contributed by atoms with Gasteiger partial charge in [0.05, 0.1) is 5.56 Å². The van der Waals surface area contributed by atoms with Crippen molar-refractivity contribution in [2.45, 2.75) is 58.3 Å². The molecule has 1 N–H and O–H groups in total. The smallest absolute Gasteiger partial charge is 0.261 e. The van der Waals surface area contributed by atoms with E-state index in [1.54, 1.807) is 18.3 Å². The Bertz CT molecular complexity index is 979. The summed E-state index contributed by atoms with van der Waals surface area (Å²) in [6.07, 6.45) is 9.23. The van der Waals surface area contributed by atoms with Crippen LogP contribution in [-0.4, -0.2) is 22.3 Å². The Hall–Kier alpha value is -2.28. The zero-order valence-corrected chi connectivity index (χ0v) is 16.7. The van der Waals surface area contributed by atoms with Crippen LogP contribution in [0.4, 0.5) is 5.00 Å². The number of nitrogens with one attached hydrogen (secondary N) is 1. The number of anilines is 1. The van der Waals surface area contributed by atoms with Crippen LogP contribution in [-0.2, 0) is 22.4 Å². The normalized spacial score (nSPS) is 23.6. The molecule has 6 nitrogen and oxygen atoms in total. The summed E-state index contributed by atoms with van der Waals surface area (Å²) in [5.41, 5.74) is 3.53. The van der Waals surface area contributed by atoms with Crippen LogP contribution in [0.3, 0.4) is 0 Å². The van der Waals surface area contributed by atoms with E-state index >= 15 is 0 Å². The first-order chi connectivity index (χ1) is 13.7. The Labute approximate surface area is 167 Å². The Morgan fingerprint density at radius 1 is 1.18 bits per heavy atom. The highest BCUT2D eigenvalue weighted by atomic mass is 32.1. The number of aromatic nitrogens is 2. The van der Waals surface area contributed by atoms with E-state index in [1.807, 2.05) is 0 Å². The molecule has 1 amide bonds. The number of thiophene rings is 1. The summed E-state index contributed by atoms with van der Waals surface area (Å²) < 4.78 is 5.46. The third-order valence-electron chi connectivity index (χ3n) is 6.40. The van der Waals surface area contributed by atoms with Gasteiger partial charge >= 0.3 is 0 Å². The van der Waals surface area contributed by atoms with E-state index in [1.165, 1.54) is 10.4 Å². The van der Waals surface area contributed by atoms with Gasteiger partial charge in [0.15, 0.2) is 5.82 Å². The maximum Gasteiger partial charge on any atom is 0.261 e. The van der Waals surface area contributed by atoms with Crippen molar-refractivity contribution in [2.75, 3.05) is 5.32 Å². The average Bonchev–Trinajstić information content (AvgIpc) is 3.30. The first kappa shape index (κ1) is 17.8. The summed E-state index contributed by atoms with van der Waals surface area (Å²) in [7, 11) is 0. The van der Waals surface area contributed by atoms with Crippen LogP contribution in [0.1, 0.15) is 54.8 Å². The van der Waals surface area contributed by atoms with Gasteiger partial charge < -0.3 is 9.84 Å². The van der Waals surface area contributed by atoms with Crippen molar-refractivity contribution in [1.82, 2.24) is 10.1 Å². The number of carbonyl (C=O) groups excluding carboxylic acids is 2. The molecule has 1 fully saturated rings. The summed E-state index contributed by atoms with van der Waals surface area (Å²) in [5, 5.41) is 7.85. The lowest BCUT2D eigenvalue weighted by molar-refractivity contribution is -0.114. The van der Waals surface area contributed by atoms with E-state index in [2.05, 4.69) is 15.5 Å². The SMILES string of the molecule is Cc1noc(-c2c(NC(=O)C3=C(C=O)C4CCC3CC4)sc3c2CCCC3)n1. The van der Waals surface area contributed by atoms with Crippen LogP contribution >= 0.6 is 11.3 Å². The zero-order valence-electron chi connectivity index (χ0n) is 15.9. The predicted octanol–water partition coefficient (Wildman–Crippen LogP) is 4.24. The topological polar surface area (TPSA) is 85.1 Å². The molecule has 0 aliphatic heterocycles. The van der Waals surface area contributed by atoms with E-state index in [0.29, 0.717) is 17.3 Å². The summed E-state index contributed by atoms with van der Waals surface area (Å²) in [4.78, 5) is 30.7. The van der Waals surface area contributed by atoms with Gasteiger partial charge in [0.2, 0.25) is 0 Å². The van der Waals surface area contributed by atoms with E-state index < -0.39 is 0 Å². The summed E-state index contributed by atoms with van der Waals surface area (Å²) in [5.74, 6) is 1.37. The quantitative estimate of drug-likeness (QED) is 0.780. The molecule has 2 heterocycles. The van der Waals surface area contributed by atoms with Crippen molar-refractivity contribution >= 4 is 28.5 Å². The zero-order chi connectivity index (χ0) is 19.3. The number of hydrogen-bond donors (Lipinski definition) is 1. The number of rotatable bonds is 4. The summed E-state index contributed by atoms with van der Waals surface area (Å²) in [6.45, 7) is 1.80. The third kappa shape index (κ3) is 2.83. The van der Waals surface area contributed by atoms with Crippen LogP contribution in [0.5, 0.6) is 0 Å². The van der Waals surface area contributed by atoms with Crippen LogP contribution in [0, 0.1) is 18.8 Å². The van der Waals surface area contributed by atoms with E-state index in [0.717, 1.165) is 73.8 Å². The maximum absolute atomic E-state index is 13.2. The molecule has 0 aromatic carbocycles. The summed E-state index contributed by atoms with van der Waals surface area (Å²) >= 11 is 1.62. The second-order valence-corrected chi connectivity index (χ2v) is 9.16. The molecule has 7 heteroatoms. The van der Waals surface area contributed by atoms with Crippen LogP contribution in [0.15, 0.2) is 15.7 Å². The Balaban J connectivity index is 1.54. The lowest BCUT2D eigenvalue weighted by Crippen LogP contribution is -2.33. The van der Waals surface area contributed by atoms with Crippen molar-refractivity contribution in [3.63, 3.8) is 0 Å². The molecule has 2 aromatic heterocycles. The fraction of sp³-hybridized carbons (Fsp3) is 0.524. The highest BCUT2D eigenvalue weighted by molar-refractivity contribution is 7.17. The molecule has 28 heavy (non-hydrogen) atoms. The van der Waals surface area contributed by atoms with Crippen molar-refractivity contribution < 1.29 is 14.1 Å². The van der Waals surface area contributed by atoms with E-state index in [4.69, 9.17) is 4.52 Å². The Morgan fingerprint density at radius 3 is 2.64 bits per heavy atom. The molecule has 0 radical (unpaired) electrons. The first-order valence-electron chi connectivity index (χ1n) is 10.1. The van der Waals surface area contributed by atoms with Crippen molar-refractivity contribution in [3.05, 3.63) is 27.4 Å². The predicted molar refractivity (Wildman–Crippen MR) is 106 cm³/mol. The number of hydrogen-bond acceptors (Lipinski definition) is 6. The molecule has 2 bridgehead atoms. The van der Waals surface area contributed by atoms with E-state index in [-0.39, 0.29) is 17.7 Å². The number of aryl methyl sites for hydroxylation is 2. The highest BCUT2D eigenvalue weighted by Gasteiger charge is 2.38. The molecule has 146 valence electrons. The fourth-order valence-electron chi connectivity index (χ4n) is 5.07. The lowest BCUT2D eigenvalue weighted by Gasteiger charge is -2.37. The van der Waals surface area contributed by atoms with Crippen molar-refractivity contribution in [1.29, 1.82) is 0 Å². The molecule has 4 aliphatic rings. The minimum Gasteiger partial charge on any atom is -0.334 e. The van der Waals surface area contributed by atoms with Gasteiger partial charge in [-0.15, -0.1) is 11.3 Å². The molecular formula is C21H23N3O3S. The van der Waals surface area contributed by atoms with Gasteiger partial charge in [-0.2, -0.15) is 4.98 Å². The standard InChI is InChI=1S/C21H23N3O3S/c1-11-22-20(27-24-11)18-14-4-2-3-5-16(14)28-21(18)23-19(26)17-13-8-6-12(7-9-13)15(17)10-25/h10,12-13H,2-9H2,1H3,(H,23,26). The number of fused-ring (bicyclic) bond motifs is 3. The highest BCUT2D eigenvalue weighted by Crippen LogP contribution is 2.47. The monoisotopic (exact) mass is 397 g/mol. The molecule has 0 saturated heterocycles. The largest absolute Gasteiger partial charge is 0.334 e. The van der Waals surface area contributed by atoms with E-state index in [9.17, 15) is 9.59 Å². The molecule has 0 spiro atoms. The maximum atomic E-state index is 13.2. The van der Waals surface area contributed by atoms with Gasteiger partial charge in [-0.05, 0) is 75.7 Å². The average molecular weight is 398 g/mol. The van der Waals surface area contributed by atoms with Crippen molar-refractivity contribution in [2.24, 2.45) is 11.8 Å². The second-order valence-electron chi connectivity index (χ2n) is 8.05. The van der Waals surface area contributed by atoms with Gasteiger partial charge in [-0.25, -0.2) is 0 Å².